The van der Waals surface area contributed by atoms with Crippen molar-refractivity contribution < 1.29 is 19.1 Å². The Bertz CT molecular complexity index is 1130. The topological polar surface area (TPSA) is 87.7 Å². The van der Waals surface area contributed by atoms with E-state index in [4.69, 9.17) is 11.2 Å². The Morgan fingerprint density at radius 2 is 1.74 bits per heavy atom. The van der Waals surface area contributed by atoms with E-state index in [-0.39, 0.29) is 12.3 Å². The summed E-state index contributed by atoms with van der Waals surface area (Å²) < 4.78 is 5.42. The predicted octanol–water partition coefficient (Wildman–Crippen LogP) is 5.21. The number of hydrogen-bond acceptors (Lipinski definition) is 4. The molecular weight excluding hydrogens is 478 g/mol. The smallest absolute Gasteiger partial charge is 0.408 e. The zero-order chi connectivity index (χ0) is 28.3. The molecule has 3 amide bonds. The zero-order valence-corrected chi connectivity index (χ0v) is 23.5. The highest BCUT2D eigenvalue weighted by molar-refractivity contribution is 5.93. The van der Waals surface area contributed by atoms with Crippen LogP contribution in [0.25, 0.3) is 0 Å². The van der Waals surface area contributed by atoms with E-state index in [1.165, 1.54) is 0 Å². The first-order valence-electron chi connectivity index (χ1n) is 13.1. The van der Waals surface area contributed by atoms with E-state index in [9.17, 15) is 14.4 Å². The standard InChI is InChI=1S/C31H41N3O4/c1-8-10-14-19-32-28(35)27(25-20-22(3)17-18-23(25)4)34(9-2)29(36)26(21-24-15-12-11-13-16-24)33-30(37)38-31(5,6)7/h2,11-13,15-18,20,26-27H,8,10,14,19,21H2,1,3-7H3,(H,32,35)(H,33,37). The summed E-state index contributed by atoms with van der Waals surface area (Å²) in [6, 6.07) is 15.4. The SMILES string of the molecule is C#CN(C(=O)C(Cc1ccccc1)NC(=O)OC(C)(C)C)C(C(=O)NCCCCC)c1cc(C)ccc1C. The van der Waals surface area contributed by atoms with Gasteiger partial charge in [-0.25, -0.2) is 4.79 Å². The zero-order valence-electron chi connectivity index (χ0n) is 23.5. The monoisotopic (exact) mass is 519 g/mol. The lowest BCUT2D eigenvalue weighted by atomic mass is 9.96. The molecule has 0 saturated heterocycles. The molecule has 2 unspecified atom stereocenters. The molecule has 0 fully saturated rings. The number of rotatable bonds is 11. The summed E-state index contributed by atoms with van der Waals surface area (Å²) in [7, 11) is 0. The van der Waals surface area contributed by atoms with Crippen LogP contribution in [0.15, 0.2) is 48.5 Å². The van der Waals surface area contributed by atoms with Crippen LogP contribution in [-0.2, 0) is 20.7 Å². The number of aryl methyl sites for hydroxylation is 2. The minimum Gasteiger partial charge on any atom is -0.444 e. The van der Waals surface area contributed by atoms with E-state index < -0.39 is 29.7 Å². The maximum absolute atomic E-state index is 14.0. The molecule has 7 heteroatoms. The number of carbonyl (C=O) groups excluding carboxylic acids is 3. The van der Waals surface area contributed by atoms with Crippen LogP contribution in [-0.4, -0.2) is 41.0 Å². The van der Waals surface area contributed by atoms with Crippen molar-refractivity contribution >= 4 is 17.9 Å². The Balaban J connectivity index is 2.47. The molecule has 2 atom stereocenters. The van der Waals surface area contributed by atoms with Gasteiger partial charge in [-0.3, -0.25) is 14.5 Å². The van der Waals surface area contributed by atoms with E-state index in [0.717, 1.165) is 40.9 Å². The van der Waals surface area contributed by atoms with Gasteiger partial charge in [0.25, 0.3) is 5.91 Å². The first-order valence-corrected chi connectivity index (χ1v) is 13.1. The molecule has 2 aromatic rings. The van der Waals surface area contributed by atoms with Crippen LogP contribution in [0.5, 0.6) is 0 Å². The van der Waals surface area contributed by atoms with Gasteiger partial charge in [0.2, 0.25) is 5.91 Å². The second-order valence-electron chi connectivity index (χ2n) is 10.5. The van der Waals surface area contributed by atoms with Crippen LogP contribution >= 0.6 is 0 Å². The first kappa shape index (κ1) is 30.4. The van der Waals surface area contributed by atoms with Crippen molar-refractivity contribution in [3.05, 3.63) is 70.8 Å². The number of nitrogens with zero attached hydrogens (tertiary/aromatic N) is 1. The van der Waals surface area contributed by atoms with Gasteiger partial charge in [0.1, 0.15) is 17.7 Å². The Morgan fingerprint density at radius 1 is 1.05 bits per heavy atom. The molecule has 38 heavy (non-hydrogen) atoms. The molecule has 0 aliphatic heterocycles. The van der Waals surface area contributed by atoms with Gasteiger partial charge >= 0.3 is 6.09 Å². The maximum atomic E-state index is 14.0. The van der Waals surface area contributed by atoms with Crippen LogP contribution in [0.4, 0.5) is 4.79 Å². The lowest BCUT2D eigenvalue weighted by Crippen LogP contribution is -2.52. The molecule has 2 aromatic carbocycles. The molecular formula is C31H41N3O4. The third-order valence-corrected chi connectivity index (χ3v) is 5.96. The van der Waals surface area contributed by atoms with Crippen molar-refractivity contribution in [1.82, 2.24) is 15.5 Å². The van der Waals surface area contributed by atoms with E-state index in [1.807, 2.05) is 62.4 Å². The highest BCUT2D eigenvalue weighted by Gasteiger charge is 2.36. The highest BCUT2D eigenvalue weighted by Crippen LogP contribution is 2.26. The molecule has 0 heterocycles. The summed E-state index contributed by atoms with van der Waals surface area (Å²) in [5.41, 5.74) is 2.48. The number of nitrogens with one attached hydrogen (secondary N) is 2. The van der Waals surface area contributed by atoms with Gasteiger partial charge in [-0.2, -0.15) is 0 Å². The van der Waals surface area contributed by atoms with E-state index >= 15 is 0 Å². The van der Waals surface area contributed by atoms with Crippen molar-refractivity contribution in [3.63, 3.8) is 0 Å². The Hall–Kier alpha value is -3.79. The summed E-state index contributed by atoms with van der Waals surface area (Å²) >= 11 is 0. The molecule has 0 aliphatic carbocycles. The molecule has 2 rings (SSSR count). The fourth-order valence-electron chi connectivity index (χ4n) is 4.07. The fourth-order valence-corrected chi connectivity index (χ4v) is 4.07. The number of benzene rings is 2. The van der Waals surface area contributed by atoms with Crippen LogP contribution in [0.1, 0.15) is 75.3 Å². The van der Waals surface area contributed by atoms with E-state index in [2.05, 4.69) is 23.6 Å². The second-order valence-corrected chi connectivity index (χ2v) is 10.5. The minimum atomic E-state index is -1.06. The van der Waals surface area contributed by atoms with Gasteiger partial charge in [-0.1, -0.05) is 80.3 Å². The minimum absolute atomic E-state index is 0.175. The Kier molecular flexibility index (Phi) is 11.4. The third-order valence-electron chi connectivity index (χ3n) is 5.96. The third kappa shape index (κ3) is 9.26. The van der Waals surface area contributed by atoms with Crippen molar-refractivity contribution in [2.75, 3.05) is 6.54 Å². The van der Waals surface area contributed by atoms with Crippen LogP contribution in [0.3, 0.4) is 0 Å². The summed E-state index contributed by atoms with van der Waals surface area (Å²) in [4.78, 5) is 41.4. The normalized spacial score (nSPS) is 12.6. The Labute approximate surface area is 227 Å². The molecule has 204 valence electrons. The predicted molar refractivity (Wildman–Crippen MR) is 150 cm³/mol. The maximum Gasteiger partial charge on any atom is 0.408 e. The van der Waals surface area contributed by atoms with Gasteiger partial charge in [-0.05, 0) is 57.7 Å². The lowest BCUT2D eigenvalue weighted by Gasteiger charge is -2.31. The molecule has 7 nitrogen and oxygen atoms in total. The Morgan fingerprint density at radius 3 is 2.34 bits per heavy atom. The molecule has 0 spiro atoms. The molecule has 0 aliphatic rings. The van der Waals surface area contributed by atoms with E-state index in [0.29, 0.717) is 12.1 Å². The average molecular weight is 520 g/mol. The fraction of sp³-hybridized carbons (Fsp3) is 0.452. The van der Waals surface area contributed by atoms with Gasteiger partial charge in [0.15, 0.2) is 0 Å². The molecule has 0 aromatic heterocycles. The number of ether oxygens (including phenoxy) is 1. The summed E-state index contributed by atoms with van der Waals surface area (Å²) in [6.07, 6.45) is 8.16. The second kappa shape index (κ2) is 14.2. The summed E-state index contributed by atoms with van der Waals surface area (Å²) in [6.45, 7) is 11.6. The molecule has 0 radical (unpaired) electrons. The van der Waals surface area contributed by atoms with Crippen molar-refractivity contribution in [3.8, 4) is 12.5 Å². The highest BCUT2D eigenvalue weighted by atomic mass is 16.6. The summed E-state index contributed by atoms with van der Waals surface area (Å²) in [5.74, 6) is -0.936. The van der Waals surface area contributed by atoms with Gasteiger partial charge in [-0.15, -0.1) is 0 Å². The van der Waals surface area contributed by atoms with Crippen molar-refractivity contribution in [2.45, 2.75) is 84.9 Å². The van der Waals surface area contributed by atoms with Crippen molar-refractivity contribution in [1.29, 1.82) is 0 Å². The number of unbranched alkanes of at least 4 members (excludes halogenated alkanes) is 2. The average Bonchev–Trinajstić information content (AvgIpc) is 2.85. The number of terminal acetylenes is 1. The number of amides is 3. The largest absolute Gasteiger partial charge is 0.444 e. The molecule has 0 saturated carbocycles. The van der Waals surface area contributed by atoms with Crippen LogP contribution in [0, 0.1) is 26.3 Å². The number of carbonyl (C=O) groups is 3. The van der Waals surface area contributed by atoms with E-state index in [1.54, 1.807) is 20.8 Å². The lowest BCUT2D eigenvalue weighted by molar-refractivity contribution is -0.138. The molecule has 0 bridgehead atoms. The number of hydrogen-bond donors (Lipinski definition) is 2. The summed E-state index contributed by atoms with van der Waals surface area (Å²) in [5, 5.41) is 5.64. The molecule has 2 N–H and O–H groups in total. The quantitative estimate of drug-likeness (QED) is 0.242. The van der Waals surface area contributed by atoms with Gasteiger partial charge in [0, 0.05) is 19.0 Å². The first-order chi connectivity index (χ1) is 18.0. The van der Waals surface area contributed by atoms with Gasteiger partial charge < -0.3 is 15.4 Å². The van der Waals surface area contributed by atoms with Crippen molar-refractivity contribution in [2.24, 2.45) is 0 Å². The number of alkyl carbamates (subject to hydrolysis) is 1. The van der Waals surface area contributed by atoms with Crippen LogP contribution in [0.2, 0.25) is 0 Å². The van der Waals surface area contributed by atoms with Crippen LogP contribution < -0.4 is 10.6 Å². The van der Waals surface area contributed by atoms with Gasteiger partial charge in [0.05, 0.1) is 0 Å².